The summed E-state index contributed by atoms with van der Waals surface area (Å²) >= 11 is 6.08. The molecule has 1 aromatic rings. The molecule has 14 heteroatoms. The number of halogens is 1. The van der Waals surface area contributed by atoms with E-state index >= 15 is 0 Å². The van der Waals surface area contributed by atoms with E-state index in [-0.39, 0.29) is 48.3 Å². The summed E-state index contributed by atoms with van der Waals surface area (Å²) in [5.41, 5.74) is 0.669. The summed E-state index contributed by atoms with van der Waals surface area (Å²) in [6.45, 7) is 13.8. The number of carboxylic acid groups (broad SMARTS) is 1. The molecule has 2 rings (SSSR count). The van der Waals surface area contributed by atoms with Gasteiger partial charge < -0.3 is 40.3 Å². The smallest absolute Gasteiger partial charge is 0.326 e. The van der Waals surface area contributed by atoms with Gasteiger partial charge in [-0.3, -0.25) is 19.2 Å². The molecule has 0 aliphatic carbocycles. The zero-order valence-corrected chi connectivity index (χ0v) is 34.2. The Hall–Kier alpha value is -3.26. The third kappa shape index (κ3) is 12.4. The minimum Gasteiger partial charge on any atom is -0.480 e. The van der Waals surface area contributed by atoms with E-state index in [4.69, 9.17) is 21.1 Å². The highest BCUT2D eigenvalue weighted by Gasteiger charge is 2.43. The summed E-state index contributed by atoms with van der Waals surface area (Å²) in [5, 5.41) is 19.0. The van der Waals surface area contributed by atoms with Crippen LogP contribution in [-0.4, -0.2) is 122 Å². The number of amides is 4. The molecule has 0 radical (unpaired) electrons. The van der Waals surface area contributed by atoms with E-state index in [0.29, 0.717) is 36.4 Å². The van der Waals surface area contributed by atoms with Gasteiger partial charge in [-0.05, 0) is 55.3 Å². The van der Waals surface area contributed by atoms with Crippen molar-refractivity contribution in [1.82, 2.24) is 25.8 Å². The van der Waals surface area contributed by atoms with Crippen molar-refractivity contribution in [2.24, 2.45) is 23.7 Å². The first-order valence-electron chi connectivity index (χ1n) is 18.8. The van der Waals surface area contributed by atoms with Crippen molar-refractivity contribution in [3.05, 3.63) is 34.9 Å². The predicted octanol–water partition coefficient (Wildman–Crippen LogP) is 3.76. The molecule has 1 fully saturated rings. The van der Waals surface area contributed by atoms with Gasteiger partial charge in [0.1, 0.15) is 12.1 Å². The quantitative estimate of drug-likeness (QED) is 0.146. The van der Waals surface area contributed by atoms with E-state index in [0.717, 1.165) is 0 Å². The van der Waals surface area contributed by atoms with Gasteiger partial charge in [0, 0.05) is 39.3 Å². The van der Waals surface area contributed by atoms with E-state index in [1.165, 1.54) is 14.2 Å². The van der Waals surface area contributed by atoms with Crippen molar-refractivity contribution in [3.63, 3.8) is 0 Å². The van der Waals surface area contributed by atoms with Crippen molar-refractivity contribution < 1.29 is 38.6 Å². The van der Waals surface area contributed by atoms with E-state index in [2.05, 4.69) is 16.0 Å². The number of carboxylic acids is 1. The Morgan fingerprint density at radius 3 is 2.13 bits per heavy atom. The number of hydrogen-bond donors (Lipinski definition) is 4. The zero-order valence-electron chi connectivity index (χ0n) is 33.5. The lowest BCUT2D eigenvalue weighted by molar-refractivity contribution is -0.148. The topological polar surface area (TPSA) is 167 Å². The molecule has 1 aliphatic heterocycles. The van der Waals surface area contributed by atoms with Crippen molar-refractivity contribution in [3.8, 4) is 0 Å². The molecule has 4 N–H and O–H groups in total. The fourth-order valence-corrected chi connectivity index (χ4v) is 7.67. The maximum Gasteiger partial charge on any atom is 0.326 e. The minimum atomic E-state index is -1.19. The van der Waals surface area contributed by atoms with Crippen molar-refractivity contribution >= 4 is 41.2 Å². The molecule has 1 aromatic carbocycles. The highest BCUT2D eigenvalue weighted by Crippen LogP contribution is 2.30. The monoisotopic (exact) mass is 765 g/mol. The fourth-order valence-electron chi connectivity index (χ4n) is 7.45. The molecule has 0 bridgehead atoms. The van der Waals surface area contributed by atoms with Crippen LogP contribution >= 0.6 is 11.6 Å². The van der Waals surface area contributed by atoms with Gasteiger partial charge >= 0.3 is 5.97 Å². The molecule has 53 heavy (non-hydrogen) atoms. The van der Waals surface area contributed by atoms with Crippen LogP contribution in [0.25, 0.3) is 0 Å². The van der Waals surface area contributed by atoms with Crippen molar-refractivity contribution in [2.45, 2.75) is 123 Å². The third-order valence-corrected chi connectivity index (χ3v) is 10.9. The molecule has 1 aliphatic rings. The SMILES string of the molecule is CC[C@H](C)C([C@@H](CC(=O)N1CCC[C@H]1[C@H](OC)[C@@H](C)C(=O)N[C@@H](Cc1cccc(Cl)c1)C(=O)O)OC)N(C)C(=O)[C@@H](NC(=O)[C@@H](NC)C(C)C)C(C)C. The Labute approximate surface area is 321 Å². The maximum absolute atomic E-state index is 14.1. The molecule has 0 saturated carbocycles. The van der Waals surface area contributed by atoms with Crippen LogP contribution in [0.1, 0.15) is 79.7 Å². The number of ether oxygens (including phenoxy) is 2. The first-order valence-corrected chi connectivity index (χ1v) is 19.2. The van der Waals surface area contributed by atoms with Crippen LogP contribution in [0, 0.1) is 23.7 Å². The molecule has 4 amide bonds. The van der Waals surface area contributed by atoms with Crippen LogP contribution in [0.3, 0.4) is 0 Å². The second-order valence-electron chi connectivity index (χ2n) is 15.1. The number of carbonyl (C=O) groups excluding carboxylic acids is 4. The highest BCUT2D eigenvalue weighted by molar-refractivity contribution is 6.30. The largest absolute Gasteiger partial charge is 0.480 e. The first kappa shape index (κ1) is 45.9. The van der Waals surface area contributed by atoms with Crippen LogP contribution in [0.5, 0.6) is 0 Å². The van der Waals surface area contributed by atoms with Gasteiger partial charge in [-0.15, -0.1) is 0 Å². The lowest BCUT2D eigenvalue weighted by atomic mass is 9.89. The van der Waals surface area contributed by atoms with Crippen LogP contribution in [-0.2, 0) is 39.9 Å². The first-order chi connectivity index (χ1) is 24.9. The maximum atomic E-state index is 14.1. The molecule has 1 unspecified atom stereocenters. The Bertz CT molecular complexity index is 1380. The predicted molar refractivity (Wildman–Crippen MR) is 205 cm³/mol. The number of carbonyl (C=O) groups is 5. The van der Waals surface area contributed by atoms with Crippen molar-refractivity contribution in [2.75, 3.05) is 34.9 Å². The molecule has 300 valence electrons. The van der Waals surface area contributed by atoms with Gasteiger partial charge in [-0.1, -0.05) is 78.6 Å². The number of methoxy groups -OCH3 is 2. The summed E-state index contributed by atoms with van der Waals surface area (Å²) in [6.07, 6.45) is 0.654. The van der Waals surface area contributed by atoms with Gasteiger partial charge in [-0.25, -0.2) is 4.79 Å². The van der Waals surface area contributed by atoms with E-state index in [1.54, 1.807) is 55.1 Å². The van der Waals surface area contributed by atoms with Crippen LogP contribution in [0.15, 0.2) is 24.3 Å². The summed E-state index contributed by atoms with van der Waals surface area (Å²) in [6, 6.07) is 3.45. The number of rotatable bonds is 21. The Kier molecular flexibility index (Phi) is 18.7. The number of hydrogen-bond acceptors (Lipinski definition) is 8. The van der Waals surface area contributed by atoms with Gasteiger partial charge in [0.2, 0.25) is 23.6 Å². The van der Waals surface area contributed by atoms with Gasteiger partial charge in [0.25, 0.3) is 0 Å². The fraction of sp³-hybridized carbons (Fsp3) is 0.718. The number of likely N-dealkylation sites (tertiary alicyclic amines) is 1. The summed E-state index contributed by atoms with van der Waals surface area (Å²) in [4.78, 5) is 70.4. The van der Waals surface area contributed by atoms with Crippen molar-refractivity contribution in [1.29, 1.82) is 0 Å². The standard InChI is InChI=1S/C39H64ClN5O8/c1-12-24(6)34(44(9)38(49)33(23(4)5)43-37(48)32(41-8)22(2)3)30(52-10)21-31(46)45-18-14-17-29(45)35(53-11)25(7)36(47)42-28(39(50)51)20-26-15-13-16-27(40)19-26/h13,15-16,19,22-25,28-30,32-35,41H,12,14,17-18,20-21H2,1-11H3,(H,42,47)(H,43,48)(H,50,51)/t24-,25+,28-,29-,30+,32-,33-,34?,35+/m0/s1. The molecule has 9 atom stereocenters. The lowest BCUT2D eigenvalue weighted by Crippen LogP contribution is -2.59. The van der Waals surface area contributed by atoms with E-state index in [1.807, 2.05) is 41.5 Å². The number of likely N-dealkylation sites (N-methyl/N-ethyl adjacent to an activating group) is 2. The second-order valence-corrected chi connectivity index (χ2v) is 15.5. The third-order valence-electron chi connectivity index (χ3n) is 10.7. The second kappa shape index (κ2) is 21.6. The lowest BCUT2D eigenvalue weighted by Gasteiger charge is -2.41. The average Bonchev–Trinajstić information content (AvgIpc) is 3.59. The Morgan fingerprint density at radius 1 is 0.981 bits per heavy atom. The molecule has 0 aromatic heterocycles. The zero-order chi connectivity index (χ0) is 40.2. The number of aliphatic carboxylic acids is 1. The summed E-state index contributed by atoms with van der Waals surface area (Å²) in [5.74, 6) is -3.41. The average molecular weight is 766 g/mol. The summed E-state index contributed by atoms with van der Waals surface area (Å²) < 4.78 is 11.8. The number of benzene rings is 1. The Morgan fingerprint density at radius 2 is 1.62 bits per heavy atom. The molecular weight excluding hydrogens is 702 g/mol. The summed E-state index contributed by atoms with van der Waals surface area (Å²) in [7, 11) is 6.43. The van der Waals surface area contributed by atoms with Crippen LogP contribution < -0.4 is 16.0 Å². The van der Waals surface area contributed by atoms with Crippen LogP contribution in [0.2, 0.25) is 5.02 Å². The molecule has 0 spiro atoms. The highest BCUT2D eigenvalue weighted by atomic mass is 35.5. The van der Waals surface area contributed by atoms with Crippen LogP contribution in [0.4, 0.5) is 0 Å². The van der Waals surface area contributed by atoms with E-state index < -0.39 is 60.2 Å². The molecule has 1 heterocycles. The van der Waals surface area contributed by atoms with Gasteiger partial charge in [0.05, 0.1) is 42.7 Å². The molecule has 13 nitrogen and oxygen atoms in total. The molecular formula is C39H64ClN5O8. The van der Waals surface area contributed by atoms with E-state index in [9.17, 15) is 29.1 Å². The Balaban J connectivity index is 2.27. The molecule has 1 saturated heterocycles. The number of nitrogens with zero attached hydrogens (tertiary/aromatic N) is 2. The van der Waals surface area contributed by atoms with Gasteiger partial charge in [0.15, 0.2) is 0 Å². The minimum absolute atomic E-state index is 0.0169. The normalized spacial score (nSPS) is 19.1. The van der Waals surface area contributed by atoms with Gasteiger partial charge in [-0.2, -0.15) is 0 Å². The number of nitrogens with one attached hydrogen (secondary N) is 3.